The predicted molar refractivity (Wildman–Crippen MR) is 82.9 cm³/mol. The summed E-state index contributed by atoms with van der Waals surface area (Å²) in [7, 11) is 0. The van der Waals surface area contributed by atoms with Gasteiger partial charge in [-0.3, -0.25) is 0 Å². The topological polar surface area (TPSA) is 24.9 Å². The van der Waals surface area contributed by atoms with Gasteiger partial charge in [0.2, 0.25) is 0 Å². The lowest BCUT2D eigenvalue weighted by molar-refractivity contribution is 0.442. The molecule has 5 heteroatoms. The van der Waals surface area contributed by atoms with E-state index in [2.05, 4.69) is 22.6 Å². The Bertz CT molecular complexity index is 612. The molecule has 1 aliphatic heterocycles. The van der Waals surface area contributed by atoms with Crippen LogP contribution < -0.4 is 5.32 Å². The van der Waals surface area contributed by atoms with Crippen LogP contribution >= 0.6 is 23.1 Å². The van der Waals surface area contributed by atoms with E-state index in [1.54, 1.807) is 23.5 Å². The maximum atomic E-state index is 13.5. The van der Waals surface area contributed by atoms with Crippen molar-refractivity contribution in [3.63, 3.8) is 0 Å². The van der Waals surface area contributed by atoms with Crippen molar-refractivity contribution in [2.75, 3.05) is 5.75 Å². The van der Waals surface area contributed by atoms with Crippen LogP contribution in [0.25, 0.3) is 0 Å². The van der Waals surface area contributed by atoms with E-state index >= 15 is 0 Å². The van der Waals surface area contributed by atoms with E-state index in [1.165, 1.54) is 4.90 Å². The van der Waals surface area contributed by atoms with Crippen LogP contribution in [0.5, 0.6) is 0 Å². The third kappa shape index (κ3) is 2.90. The van der Waals surface area contributed by atoms with Crippen molar-refractivity contribution in [1.82, 2.24) is 10.3 Å². The fraction of sp³-hybridized carbons (Fsp3) is 0.400. The second-order valence-electron chi connectivity index (χ2n) is 5.05. The van der Waals surface area contributed by atoms with E-state index in [0.29, 0.717) is 0 Å². The smallest absolute Gasteiger partial charge is 0.123 e. The number of nitrogens with zero attached hydrogens (tertiary/aromatic N) is 1. The number of hydrogen-bond donors (Lipinski definition) is 1. The van der Waals surface area contributed by atoms with Gasteiger partial charge in [-0.1, -0.05) is 0 Å². The zero-order chi connectivity index (χ0) is 14.1. The largest absolute Gasteiger partial charge is 0.302 e. The van der Waals surface area contributed by atoms with Gasteiger partial charge in [-0.25, -0.2) is 9.37 Å². The molecular weight excluding hydrogens is 291 g/mol. The van der Waals surface area contributed by atoms with Crippen molar-refractivity contribution in [2.24, 2.45) is 0 Å². The van der Waals surface area contributed by atoms with Crippen LogP contribution in [0.3, 0.4) is 0 Å². The lowest BCUT2D eigenvalue weighted by Crippen LogP contribution is -2.27. The van der Waals surface area contributed by atoms with E-state index in [1.807, 2.05) is 24.8 Å². The quantitative estimate of drug-likeness (QED) is 0.905. The molecular formula is C15H17FN2S2. The number of thioether (sulfide) groups is 1. The van der Waals surface area contributed by atoms with Crippen molar-refractivity contribution in [2.45, 2.75) is 37.2 Å². The molecule has 2 nitrogen and oxygen atoms in total. The highest BCUT2D eigenvalue weighted by molar-refractivity contribution is 7.99. The third-order valence-electron chi connectivity index (χ3n) is 3.54. The molecule has 1 aliphatic rings. The van der Waals surface area contributed by atoms with E-state index < -0.39 is 0 Å². The molecule has 2 unspecified atom stereocenters. The normalized spacial score (nSPS) is 19.6. The highest BCUT2D eigenvalue weighted by Gasteiger charge is 2.23. The Balaban J connectivity index is 1.80. The number of halogens is 1. The third-order valence-corrected chi connectivity index (χ3v) is 5.46. The van der Waals surface area contributed by atoms with Crippen LogP contribution in [0.2, 0.25) is 0 Å². The molecule has 0 spiro atoms. The van der Waals surface area contributed by atoms with Crippen LogP contribution in [-0.2, 0) is 0 Å². The summed E-state index contributed by atoms with van der Waals surface area (Å²) < 4.78 is 13.5. The van der Waals surface area contributed by atoms with Crippen molar-refractivity contribution in [1.29, 1.82) is 0 Å². The minimum atomic E-state index is -0.157. The fourth-order valence-electron chi connectivity index (χ4n) is 2.50. The Morgan fingerprint density at radius 2 is 2.30 bits per heavy atom. The first-order valence-corrected chi connectivity index (χ1v) is 8.60. The predicted octanol–water partition coefficient (Wildman–Crippen LogP) is 4.48. The minimum Gasteiger partial charge on any atom is -0.302 e. The molecule has 2 heterocycles. The average Bonchev–Trinajstić information content (AvgIpc) is 2.86. The SMILES string of the molecule is Cc1nc(C(C)NC2CCSc3ccc(F)cc32)cs1. The first-order valence-electron chi connectivity index (χ1n) is 6.74. The fourth-order valence-corrected chi connectivity index (χ4v) is 4.32. The molecule has 0 saturated carbocycles. The van der Waals surface area contributed by atoms with E-state index in [-0.39, 0.29) is 17.9 Å². The Hall–Kier alpha value is -0.910. The summed E-state index contributed by atoms with van der Waals surface area (Å²) in [5.74, 6) is 0.911. The summed E-state index contributed by atoms with van der Waals surface area (Å²) in [5, 5.41) is 6.77. The van der Waals surface area contributed by atoms with Gasteiger partial charge < -0.3 is 5.32 Å². The summed E-state index contributed by atoms with van der Waals surface area (Å²) in [6.07, 6.45) is 1.02. The van der Waals surface area contributed by atoms with Gasteiger partial charge in [0.05, 0.1) is 10.7 Å². The van der Waals surface area contributed by atoms with Gasteiger partial charge >= 0.3 is 0 Å². The first kappa shape index (κ1) is 14.0. The molecule has 0 amide bonds. The van der Waals surface area contributed by atoms with Crippen molar-refractivity contribution in [3.8, 4) is 0 Å². The maximum absolute atomic E-state index is 13.5. The maximum Gasteiger partial charge on any atom is 0.123 e. The number of aryl methyl sites for hydroxylation is 1. The number of fused-ring (bicyclic) bond motifs is 1. The van der Waals surface area contributed by atoms with Gasteiger partial charge in [0.1, 0.15) is 5.82 Å². The molecule has 3 rings (SSSR count). The van der Waals surface area contributed by atoms with Gasteiger partial charge in [0.25, 0.3) is 0 Å². The summed E-state index contributed by atoms with van der Waals surface area (Å²) >= 11 is 3.48. The van der Waals surface area contributed by atoms with Gasteiger partial charge in [0.15, 0.2) is 0 Å². The molecule has 2 aromatic rings. The summed E-state index contributed by atoms with van der Waals surface area (Å²) in [6, 6.07) is 5.49. The molecule has 1 N–H and O–H groups in total. The lowest BCUT2D eigenvalue weighted by Gasteiger charge is -2.28. The monoisotopic (exact) mass is 308 g/mol. The first-order chi connectivity index (χ1) is 9.63. The van der Waals surface area contributed by atoms with Gasteiger partial charge in [-0.05, 0) is 49.8 Å². The number of rotatable bonds is 3. The number of benzene rings is 1. The Morgan fingerprint density at radius 3 is 3.05 bits per heavy atom. The molecule has 1 aromatic carbocycles. The molecule has 0 bridgehead atoms. The van der Waals surface area contributed by atoms with Crippen molar-refractivity contribution in [3.05, 3.63) is 45.7 Å². The molecule has 0 radical (unpaired) electrons. The van der Waals surface area contributed by atoms with Crippen LogP contribution in [0.1, 0.15) is 41.7 Å². The van der Waals surface area contributed by atoms with E-state index in [0.717, 1.165) is 28.4 Å². The molecule has 20 heavy (non-hydrogen) atoms. The summed E-state index contributed by atoms with van der Waals surface area (Å²) in [6.45, 7) is 4.14. The second-order valence-corrected chi connectivity index (χ2v) is 7.25. The Kier molecular flexibility index (Phi) is 4.10. The van der Waals surface area contributed by atoms with Crippen LogP contribution in [0, 0.1) is 12.7 Å². The standard InChI is InChI=1S/C15H17FN2S2/c1-9(14-8-20-10(2)18-14)17-13-5-6-19-15-4-3-11(16)7-12(13)15/h3-4,7-9,13,17H,5-6H2,1-2H3. The highest BCUT2D eigenvalue weighted by Crippen LogP contribution is 2.37. The molecule has 0 saturated heterocycles. The van der Waals surface area contributed by atoms with Crippen LogP contribution in [0.4, 0.5) is 4.39 Å². The van der Waals surface area contributed by atoms with Crippen molar-refractivity contribution >= 4 is 23.1 Å². The lowest BCUT2D eigenvalue weighted by atomic mass is 10.0. The number of thiazole rings is 1. The van der Waals surface area contributed by atoms with Crippen molar-refractivity contribution < 1.29 is 4.39 Å². The Labute approximate surface area is 126 Å². The highest BCUT2D eigenvalue weighted by atomic mass is 32.2. The number of nitrogens with one attached hydrogen (secondary N) is 1. The van der Waals surface area contributed by atoms with Gasteiger partial charge in [0, 0.05) is 22.4 Å². The minimum absolute atomic E-state index is 0.157. The second kappa shape index (κ2) is 5.84. The van der Waals surface area contributed by atoms with E-state index in [9.17, 15) is 4.39 Å². The summed E-state index contributed by atoms with van der Waals surface area (Å²) in [4.78, 5) is 5.72. The zero-order valence-electron chi connectivity index (χ0n) is 11.5. The average molecular weight is 308 g/mol. The number of aromatic nitrogens is 1. The molecule has 0 aliphatic carbocycles. The van der Waals surface area contributed by atoms with Crippen LogP contribution in [-0.4, -0.2) is 10.7 Å². The van der Waals surface area contributed by atoms with E-state index in [4.69, 9.17) is 0 Å². The van der Waals surface area contributed by atoms with Gasteiger partial charge in [-0.2, -0.15) is 0 Å². The molecule has 1 aromatic heterocycles. The zero-order valence-corrected chi connectivity index (χ0v) is 13.2. The molecule has 106 valence electrons. The Morgan fingerprint density at radius 1 is 1.45 bits per heavy atom. The summed E-state index contributed by atoms with van der Waals surface area (Å²) in [5.41, 5.74) is 2.16. The number of hydrogen-bond acceptors (Lipinski definition) is 4. The molecule has 0 fully saturated rings. The van der Waals surface area contributed by atoms with Crippen LogP contribution in [0.15, 0.2) is 28.5 Å². The molecule has 2 atom stereocenters. The van der Waals surface area contributed by atoms with Gasteiger partial charge in [-0.15, -0.1) is 23.1 Å².